The molecular formula is C27H18O2. The molecule has 1 aliphatic rings. The highest BCUT2D eigenvalue weighted by molar-refractivity contribution is 6.10. The van der Waals surface area contributed by atoms with Crippen LogP contribution in [-0.4, -0.2) is 5.78 Å². The van der Waals surface area contributed by atoms with Crippen molar-refractivity contribution < 1.29 is 9.21 Å². The quantitative estimate of drug-likeness (QED) is 0.315. The van der Waals surface area contributed by atoms with Gasteiger partial charge in [0, 0.05) is 28.3 Å². The highest BCUT2D eigenvalue weighted by atomic mass is 16.3. The lowest BCUT2D eigenvalue weighted by atomic mass is 9.92. The molecule has 0 atom stereocenters. The van der Waals surface area contributed by atoms with Crippen LogP contribution in [0, 0.1) is 0 Å². The Labute approximate surface area is 168 Å². The van der Waals surface area contributed by atoms with E-state index < -0.39 is 0 Å². The van der Waals surface area contributed by atoms with Crippen molar-refractivity contribution in [2.45, 2.75) is 12.8 Å². The fourth-order valence-corrected chi connectivity index (χ4v) is 4.54. The third-order valence-corrected chi connectivity index (χ3v) is 5.96. The molecule has 138 valence electrons. The summed E-state index contributed by atoms with van der Waals surface area (Å²) in [6.45, 7) is 0. The molecule has 1 aliphatic carbocycles. The second-order valence-electron chi connectivity index (χ2n) is 7.62. The molecule has 4 aromatic carbocycles. The zero-order chi connectivity index (χ0) is 19.4. The van der Waals surface area contributed by atoms with Crippen molar-refractivity contribution in [2.75, 3.05) is 0 Å². The van der Waals surface area contributed by atoms with Gasteiger partial charge in [-0.1, -0.05) is 72.8 Å². The number of para-hydroxylation sites is 2. The normalized spacial score (nSPS) is 13.3. The molecule has 0 amide bonds. The number of hydrogen-bond acceptors (Lipinski definition) is 2. The van der Waals surface area contributed by atoms with Crippen molar-refractivity contribution in [1.82, 2.24) is 0 Å². The van der Waals surface area contributed by atoms with Gasteiger partial charge < -0.3 is 4.42 Å². The second kappa shape index (κ2) is 6.18. The number of furan rings is 1. The molecular weight excluding hydrogens is 356 g/mol. The summed E-state index contributed by atoms with van der Waals surface area (Å²) in [4.78, 5) is 12.9. The van der Waals surface area contributed by atoms with E-state index in [4.69, 9.17) is 4.42 Å². The van der Waals surface area contributed by atoms with E-state index in [0.29, 0.717) is 6.42 Å². The zero-order valence-corrected chi connectivity index (χ0v) is 15.8. The lowest BCUT2D eigenvalue weighted by molar-refractivity contribution is 0.0984. The summed E-state index contributed by atoms with van der Waals surface area (Å²) in [7, 11) is 0. The first-order valence-corrected chi connectivity index (χ1v) is 9.96. The maximum atomic E-state index is 12.9. The number of benzene rings is 4. The Kier molecular flexibility index (Phi) is 3.48. The maximum absolute atomic E-state index is 12.9. The molecule has 0 unspecified atom stereocenters. The Bertz CT molecular complexity index is 1420. The first-order chi connectivity index (χ1) is 14.3. The Morgan fingerprint density at radius 2 is 1.41 bits per heavy atom. The number of ketones is 1. The fraction of sp³-hybridized carbons (Fsp3) is 0.0741. The van der Waals surface area contributed by atoms with Gasteiger partial charge in [0.25, 0.3) is 0 Å². The van der Waals surface area contributed by atoms with Gasteiger partial charge >= 0.3 is 0 Å². The number of carbonyl (C=O) groups excluding carboxylic acids is 1. The molecule has 0 fully saturated rings. The van der Waals surface area contributed by atoms with E-state index in [0.717, 1.165) is 50.6 Å². The van der Waals surface area contributed by atoms with Crippen molar-refractivity contribution >= 4 is 27.7 Å². The summed E-state index contributed by atoms with van der Waals surface area (Å²) in [6.07, 6.45) is 1.33. The molecule has 6 rings (SSSR count). The number of rotatable bonds is 1. The zero-order valence-electron chi connectivity index (χ0n) is 15.8. The topological polar surface area (TPSA) is 30.2 Å². The Morgan fingerprint density at radius 1 is 0.621 bits per heavy atom. The van der Waals surface area contributed by atoms with Crippen LogP contribution in [-0.2, 0) is 6.42 Å². The van der Waals surface area contributed by atoms with Gasteiger partial charge in [-0.15, -0.1) is 0 Å². The minimum Gasteiger partial charge on any atom is -0.455 e. The summed E-state index contributed by atoms with van der Waals surface area (Å²) >= 11 is 0. The highest BCUT2D eigenvalue weighted by Crippen LogP contribution is 2.39. The smallest absolute Gasteiger partial charge is 0.163 e. The third kappa shape index (κ3) is 2.46. The Morgan fingerprint density at radius 3 is 2.38 bits per heavy atom. The molecule has 0 aliphatic heterocycles. The van der Waals surface area contributed by atoms with Crippen LogP contribution in [0.5, 0.6) is 0 Å². The van der Waals surface area contributed by atoms with Gasteiger partial charge in [-0.25, -0.2) is 0 Å². The summed E-state index contributed by atoms with van der Waals surface area (Å²) in [5.74, 6) is 0.204. The molecule has 5 aromatic rings. The second-order valence-corrected chi connectivity index (χ2v) is 7.62. The van der Waals surface area contributed by atoms with E-state index in [2.05, 4.69) is 48.5 Å². The van der Waals surface area contributed by atoms with Gasteiger partial charge in [-0.2, -0.15) is 0 Å². The van der Waals surface area contributed by atoms with Gasteiger partial charge in [-0.05, 0) is 40.8 Å². The van der Waals surface area contributed by atoms with Crippen LogP contribution in [0.15, 0.2) is 89.3 Å². The van der Waals surface area contributed by atoms with Crippen LogP contribution in [0.4, 0.5) is 0 Å². The van der Waals surface area contributed by atoms with Crippen LogP contribution < -0.4 is 0 Å². The molecule has 0 saturated carbocycles. The van der Waals surface area contributed by atoms with E-state index >= 15 is 0 Å². The summed E-state index contributed by atoms with van der Waals surface area (Å²) in [5.41, 5.74) is 8.04. The van der Waals surface area contributed by atoms with Gasteiger partial charge in [0.05, 0.1) is 0 Å². The summed E-state index contributed by atoms with van der Waals surface area (Å²) < 4.78 is 6.20. The average Bonchev–Trinajstić information content (AvgIpc) is 3.09. The van der Waals surface area contributed by atoms with Gasteiger partial charge in [-0.3, -0.25) is 4.79 Å². The van der Waals surface area contributed by atoms with Crippen molar-refractivity contribution in [3.05, 3.63) is 96.1 Å². The lowest BCUT2D eigenvalue weighted by Gasteiger charge is -2.11. The molecule has 0 radical (unpaired) electrons. The Balaban J connectivity index is 1.60. The number of Topliss-reactive ketones (excluding diaryl/α,β-unsaturated/α-hetero) is 1. The van der Waals surface area contributed by atoms with Crippen molar-refractivity contribution in [3.8, 4) is 22.3 Å². The molecule has 29 heavy (non-hydrogen) atoms. The number of fused-ring (bicyclic) bond motifs is 6. The first kappa shape index (κ1) is 16.3. The Hall–Kier alpha value is -3.65. The molecule has 2 heteroatoms. The van der Waals surface area contributed by atoms with Gasteiger partial charge in [0.15, 0.2) is 5.78 Å². The molecule has 2 nitrogen and oxygen atoms in total. The predicted molar refractivity (Wildman–Crippen MR) is 117 cm³/mol. The van der Waals surface area contributed by atoms with Crippen molar-refractivity contribution in [2.24, 2.45) is 0 Å². The minimum absolute atomic E-state index is 0.204. The monoisotopic (exact) mass is 374 g/mol. The number of aryl methyl sites for hydroxylation is 1. The van der Waals surface area contributed by atoms with E-state index in [1.54, 1.807) is 0 Å². The number of carbonyl (C=O) groups is 1. The predicted octanol–water partition coefficient (Wildman–Crippen LogP) is 7.05. The van der Waals surface area contributed by atoms with E-state index in [1.165, 1.54) is 11.1 Å². The van der Waals surface area contributed by atoms with Crippen LogP contribution in [0.1, 0.15) is 22.3 Å². The first-order valence-electron chi connectivity index (χ1n) is 9.96. The van der Waals surface area contributed by atoms with Gasteiger partial charge in [0.1, 0.15) is 11.2 Å². The minimum atomic E-state index is 0.204. The SMILES string of the molecule is O=C1CCc2ccccc2-c2ccc(-c3cccc4c3oc3ccccc34)cc21. The summed E-state index contributed by atoms with van der Waals surface area (Å²) in [6, 6.07) is 28.9. The molecule has 1 aromatic heterocycles. The average molecular weight is 374 g/mol. The molecule has 1 heterocycles. The van der Waals surface area contributed by atoms with Crippen LogP contribution in [0.2, 0.25) is 0 Å². The fourth-order valence-electron chi connectivity index (χ4n) is 4.54. The molecule has 0 saturated heterocycles. The highest BCUT2D eigenvalue weighted by Gasteiger charge is 2.21. The van der Waals surface area contributed by atoms with Crippen LogP contribution >= 0.6 is 0 Å². The largest absolute Gasteiger partial charge is 0.455 e. The third-order valence-electron chi connectivity index (χ3n) is 5.96. The van der Waals surface area contributed by atoms with E-state index in [-0.39, 0.29) is 5.78 Å². The maximum Gasteiger partial charge on any atom is 0.163 e. The molecule has 0 bridgehead atoms. The lowest BCUT2D eigenvalue weighted by Crippen LogP contribution is -2.00. The summed E-state index contributed by atoms with van der Waals surface area (Å²) in [5, 5.41) is 2.22. The standard InChI is InChI=1S/C27H18O2/c28-25-15-13-17-6-1-2-7-19(17)21-14-12-18(16-24(21)25)20-9-5-10-23-22-8-3-4-11-26(22)29-27(20)23/h1-12,14,16H,13,15H2. The van der Waals surface area contributed by atoms with Crippen LogP contribution in [0.3, 0.4) is 0 Å². The molecule has 0 N–H and O–H groups in total. The number of hydrogen-bond donors (Lipinski definition) is 0. The van der Waals surface area contributed by atoms with Gasteiger partial charge in [0.2, 0.25) is 0 Å². The van der Waals surface area contributed by atoms with Crippen molar-refractivity contribution in [1.29, 1.82) is 0 Å². The van der Waals surface area contributed by atoms with Crippen LogP contribution in [0.25, 0.3) is 44.2 Å². The van der Waals surface area contributed by atoms with Crippen molar-refractivity contribution in [3.63, 3.8) is 0 Å². The van der Waals surface area contributed by atoms with E-state index in [1.807, 2.05) is 36.4 Å². The molecule has 0 spiro atoms. The van der Waals surface area contributed by atoms with E-state index in [9.17, 15) is 4.79 Å².